The topological polar surface area (TPSA) is 55.8 Å². The summed E-state index contributed by atoms with van der Waals surface area (Å²) in [5.41, 5.74) is 1.46. The zero-order valence-corrected chi connectivity index (χ0v) is 23.0. The van der Waals surface area contributed by atoms with E-state index in [1.54, 1.807) is 12.1 Å². The SMILES string of the molecule is CC(C)(C)CC(C)(C)c1ccccc1OP(=O)(O)Oc1ccccc1C(C)(C)CC(C)(C)C. The van der Waals surface area contributed by atoms with Crippen LogP contribution in [0.5, 0.6) is 11.5 Å². The van der Waals surface area contributed by atoms with Crippen LogP contribution in [0.3, 0.4) is 0 Å². The molecule has 184 valence electrons. The molecule has 0 aliphatic heterocycles. The maximum atomic E-state index is 13.2. The second-order valence-corrected chi connectivity index (χ2v) is 14.2. The van der Waals surface area contributed by atoms with E-state index in [2.05, 4.69) is 69.2 Å². The van der Waals surface area contributed by atoms with Gasteiger partial charge in [-0.15, -0.1) is 0 Å². The molecule has 0 unspecified atom stereocenters. The molecule has 4 nitrogen and oxygen atoms in total. The van der Waals surface area contributed by atoms with E-state index in [0.717, 1.165) is 24.0 Å². The number of para-hydroxylation sites is 2. The van der Waals surface area contributed by atoms with Gasteiger partial charge in [0.15, 0.2) is 0 Å². The quantitative estimate of drug-likeness (QED) is 0.389. The van der Waals surface area contributed by atoms with Gasteiger partial charge in [-0.05, 0) is 46.6 Å². The molecular weight excluding hydrogens is 431 g/mol. The first-order chi connectivity index (χ1) is 14.8. The fraction of sp³-hybridized carbons (Fsp3) is 0.571. The smallest absolute Gasteiger partial charge is 0.395 e. The number of benzene rings is 2. The van der Waals surface area contributed by atoms with Gasteiger partial charge in [0.25, 0.3) is 0 Å². The molecule has 0 saturated carbocycles. The van der Waals surface area contributed by atoms with Crippen molar-refractivity contribution in [3.05, 3.63) is 59.7 Å². The average molecular weight is 475 g/mol. The number of hydrogen-bond acceptors (Lipinski definition) is 3. The minimum Gasteiger partial charge on any atom is -0.395 e. The highest BCUT2D eigenvalue weighted by molar-refractivity contribution is 7.48. The lowest BCUT2D eigenvalue weighted by Crippen LogP contribution is -2.26. The second-order valence-electron chi connectivity index (χ2n) is 12.9. The van der Waals surface area contributed by atoms with Crippen LogP contribution in [0.2, 0.25) is 0 Å². The van der Waals surface area contributed by atoms with Crippen LogP contribution >= 0.6 is 7.82 Å². The van der Waals surface area contributed by atoms with E-state index in [0.29, 0.717) is 11.5 Å². The minimum atomic E-state index is -4.43. The average Bonchev–Trinajstić information content (AvgIpc) is 2.57. The third kappa shape index (κ3) is 8.19. The summed E-state index contributed by atoms with van der Waals surface area (Å²) < 4.78 is 24.6. The van der Waals surface area contributed by atoms with E-state index in [9.17, 15) is 9.46 Å². The van der Waals surface area contributed by atoms with Crippen molar-refractivity contribution >= 4 is 7.82 Å². The number of rotatable bonds is 8. The highest BCUT2D eigenvalue weighted by Gasteiger charge is 2.35. The standard InChI is InChI=1S/C28H43O4P/c1-25(2,3)19-27(7,8)21-15-11-13-17-23(21)31-33(29,30)32-24-18-14-12-16-22(24)28(9,10)20-26(4,5)6/h11-18H,19-20H2,1-10H3,(H,29,30). The Morgan fingerprint density at radius 2 is 0.939 bits per heavy atom. The minimum absolute atomic E-state index is 0.0909. The van der Waals surface area contributed by atoms with Gasteiger partial charge < -0.3 is 9.05 Å². The maximum Gasteiger partial charge on any atom is 0.584 e. The Bertz CT molecular complexity index is 916. The summed E-state index contributed by atoms with van der Waals surface area (Å²) in [6, 6.07) is 14.9. The molecule has 1 N–H and O–H groups in total. The summed E-state index contributed by atoms with van der Waals surface area (Å²) >= 11 is 0. The van der Waals surface area contributed by atoms with Crippen LogP contribution in [0.15, 0.2) is 48.5 Å². The summed E-state index contributed by atoms with van der Waals surface area (Å²) in [5.74, 6) is 0.757. The zero-order valence-electron chi connectivity index (χ0n) is 22.2. The lowest BCUT2D eigenvalue weighted by atomic mass is 9.72. The molecule has 0 aromatic heterocycles. The first-order valence-electron chi connectivity index (χ1n) is 11.7. The Balaban J connectivity index is 2.37. The van der Waals surface area contributed by atoms with Crippen molar-refractivity contribution in [1.29, 1.82) is 0 Å². The van der Waals surface area contributed by atoms with Crippen LogP contribution in [0.25, 0.3) is 0 Å². The lowest BCUT2D eigenvalue weighted by Gasteiger charge is -2.35. The Morgan fingerprint density at radius 1 is 0.636 bits per heavy atom. The van der Waals surface area contributed by atoms with E-state index < -0.39 is 7.82 Å². The summed E-state index contributed by atoms with van der Waals surface area (Å²) in [6.45, 7) is 21.7. The molecule has 0 fully saturated rings. The first-order valence-corrected chi connectivity index (χ1v) is 13.2. The third-order valence-electron chi connectivity index (χ3n) is 5.60. The molecule has 2 rings (SSSR count). The molecular formula is C28H43O4P. The fourth-order valence-corrected chi connectivity index (χ4v) is 6.17. The highest BCUT2D eigenvalue weighted by atomic mass is 31.2. The van der Waals surface area contributed by atoms with Crippen LogP contribution in [0.1, 0.15) is 93.2 Å². The molecule has 0 bridgehead atoms. The third-order valence-corrected chi connectivity index (χ3v) is 6.46. The van der Waals surface area contributed by atoms with Crippen LogP contribution < -0.4 is 9.05 Å². The van der Waals surface area contributed by atoms with Gasteiger partial charge in [-0.25, -0.2) is 4.57 Å². The zero-order chi connectivity index (χ0) is 25.3. The van der Waals surface area contributed by atoms with Gasteiger partial charge in [0.2, 0.25) is 0 Å². The molecule has 0 spiro atoms. The molecule has 0 saturated heterocycles. The molecule has 33 heavy (non-hydrogen) atoms. The molecule has 0 radical (unpaired) electrons. The molecule has 5 heteroatoms. The van der Waals surface area contributed by atoms with E-state index in [4.69, 9.17) is 9.05 Å². The molecule has 0 atom stereocenters. The predicted molar refractivity (Wildman–Crippen MR) is 138 cm³/mol. The fourth-order valence-electron chi connectivity index (χ4n) is 5.32. The second kappa shape index (κ2) is 9.47. The molecule has 2 aromatic rings. The van der Waals surface area contributed by atoms with Gasteiger partial charge in [-0.1, -0.05) is 106 Å². The van der Waals surface area contributed by atoms with Crippen LogP contribution in [-0.2, 0) is 15.4 Å². The Morgan fingerprint density at radius 3 is 1.24 bits per heavy atom. The van der Waals surface area contributed by atoms with Crippen molar-refractivity contribution in [2.45, 2.75) is 92.9 Å². The van der Waals surface area contributed by atoms with Crippen molar-refractivity contribution < 1.29 is 18.5 Å². The number of hydrogen-bond donors (Lipinski definition) is 1. The first kappa shape index (κ1) is 27.5. The largest absolute Gasteiger partial charge is 0.584 e. The summed E-state index contributed by atoms with van der Waals surface area (Å²) in [5, 5.41) is 0. The van der Waals surface area contributed by atoms with Crippen molar-refractivity contribution in [3.63, 3.8) is 0 Å². The lowest BCUT2D eigenvalue weighted by molar-refractivity contribution is 0.263. The molecule has 0 heterocycles. The van der Waals surface area contributed by atoms with Gasteiger partial charge in [0, 0.05) is 11.1 Å². The Kier molecular flexibility index (Phi) is 7.88. The Labute approximate surface area is 201 Å². The van der Waals surface area contributed by atoms with Crippen molar-refractivity contribution in [3.8, 4) is 11.5 Å². The summed E-state index contributed by atoms with van der Waals surface area (Å²) in [6.07, 6.45) is 1.78. The van der Waals surface area contributed by atoms with Crippen LogP contribution in [-0.4, -0.2) is 4.89 Å². The van der Waals surface area contributed by atoms with Gasteiger partial charge in [-0.3, -0.25) is 4.89 Å². The van der Waals surface area contributed by atoms with Gasteiger partial charge in [-0.2, -0.15) is 0 Å². The van der Waals surface area contributed by atoms with Crippen molar-refractivity contribution in [2.24, 2.45) is 10.8 Å². The molecule has 2 aromatic carbocycles. The monoisotopic (exact) mass is 474 g/mol. The van der Waals surface area contributed by atoms with Crippen LogP contribution in [0.4, 0.5) is 0 Å². The van der Waals surface area contributed by atoms with E-state index >= 15 is 0 Å². The Hall–Kier alpha value is -1.77. The highest BCUT2D eigenvalue weighted by Crippen LogP contribution is 2.51. The molecule has 0 amide bonds. The van der Waals surface area contributed by atoms with Gasteiger partial charge in [0.05, 0.1) is 0 Å². The molecule has 0 aliphatic carbocycles. The van der Waals surface area contributed by atoms with Crippen molar-refractivity contribution in [1.82, 2.24) is 0 Å². The van der Waals surface area contributed by atoms with E-state index in [1.807, 2.05) is 36.4 Å². The van der Waals surface area contributed by atoms with Crippen LogP contribution in [0, 0.1) is 10.8 Å². The van der Waals surface area contributed by atoms with E-state index in [1.165, 1.54) is 0 Å². The summed E-state index contributed by atoms with van der Waals surface area (Å²) in [4.78, 5) is 10.8. The molecule has 0 aliphatic rings. The summed E-state index contributed by atoms with van der Waals surface area (Å²) in [7, 11) is -4.43. The number of phosphoric acid groups is 1. The predicted octanol–water partition coefficient (Wildman–Crippen LogP) is 8.67. The number of phosphoric ester groups is 1. The van der Waals surface area contributed by atoms with E-state index in [-0.39, 0.29) is 21.7 Å². The van der Waals surface area contributed by atoms with Gasteiger partial charge in [0.1, 0.15) is 11.5 Å². The normalized spacial score (nSPS) is 13.7. The van der Waals surface area contributed by atoms with Gasteiger partial charge >= 0.3 is 7.82 Å². The van der Waals surface area contributed by atoms with Crippen molar-refractivity contribution in [2.75, 3.05) is 0 Å². The maximum absolute atomic E-state index is 13.2.